The molecule has 1 aliphatic heterocycles. The molecule has 0 saturated carbocycles. The number of carbonyl (C=O) groups excluding carboxylic acids is 3. The largest absolute Gasteiger partial charge is 0.340 e. The van der Waals surface area contributed by atoms with Crippen LogP contribution in [-0.2, 0) is 17.6 Å². The van der Waals surface area contributed by atoms with Gasteiger partial charge in [0, 0.05) is 43.7 Å². The molecule has 7 nitrogen and oxygen atoms in total. The minimum Gasteiger partial charge on any atom is -0.340 e. The van der Waals surface area contributed by atoms with Crippen molar-refractivity contribution in [3.63, 3.8) is 0 Å². The third kappa shape index (κ3) is 6.59. The Morgan fingerprint density at radius 3 is 2.21 bits per heavy atom. The Balaban J connectivity index is 1.73. The first-order chi connectivity index (χ1) is 16.3. The molecular formula is C27H36N4O3. The molecule has 34 heavy (non-hydrogen) atoms. The molecule has 0 radical (unpaired) electrons. The number of urea groups is 1. The Morgan fingerprint density at radius 2 is 1.62 bits per heavy atom. The van der Waals surface area contributed by atoms with Crippen molar-refractivity contribution in [3.05, 3.63) is 71.3 Å². The molecule has 2 N–H and O–H groups in total. The summed E-state index contributed by atoms with van der Waals surface area (Å²) < 4.78 is 0. The minimum absolute atomic E-state index is 0.0521. The van der Waals surface area contributed by atoms with Gasteiger partial charge in [0.1, 0.15) is 6.04 Å². The van der Waals surface area contributed by atoms with E-state index < -0.39 is 6.04 Å². The summed E-state index contributed by atoms with van der Waals surface area (Å²) in [5.74, 6) is -0.391. The summed E-state index contributed by atoms with van der Waals surface area (Å²) in [7, 11) is 0. The van der Waals surface area contributed by atoms with Crippen LogP contribution < -0.4 is 10.6 Å². The zero-order chi connectivity index (χ0) is 24.7. The Hall–Kier alpha value is -3.35. The van der Waals surface area contributed by atoms with Crippen LogP contribution in [0.5, 0.6) is 0 Å². The zero-order valence-corrected chi connectivity index (χ0v) is 20.6. The van der Waals surface area contributed by atoms with Gasteiger partial charge in [-0.3, -0.25) is 9.59 Å². The second kappa shape index (κ2) is 11.7. The molecule has 0 bridgehead atoms. The first kappa shape index (κ1) is 25.3. The van der Waals surface area contributed by atoms with E-state index in [9.17, 15) is 14.4 Å². The maximum Gasteiger partial charge on any atom is 0.317 e. The Kier molecular flexibility index (Phi) is 8.68. The quantitative estimate of drug-likeness (QED) is 0.660. The zero-order valence-electron chi connectivity index (χ0n) is 20.6. The minimum atomic E-state index is -0.691. The number of piperazine rings is 1. The van der Waals surface area contributed by atoms with Gasteiger partial charge in [0.05, 0.1) is 0 Å². The van der Waals surface area contributed by atoms with E-state index in [0.717, 1.165) is 17.5 Å². The average Bonchev–Trinajstić information content (AvgIpc) is 2.83. The lowest BCUT2D eigenvalue weighted by molar-refractivity contribution is -0.135. The summed E-state index contributed by atoms with van der Waals surface area (Å²) in [5, 5.41) is 5.89. The molecule has 0 aliphatic carbocycles. The standard InChI is InChI=1S/C27H36N4O3/c1-5-21-11-13-23(14-12-21)25(32)29-24(17-22-9-7-6-8-10-22)26(33)30-15-16-31(20(4)18-30)27(34)28-19(2)3/h6-14,19-20,24H,5,15-18H2,1-4H3,(H,28,34)(H,29,32). The molecule has 2 atom stereocenters. The number of benzene rings is 2. The SMILES string of the molecule is CCc1ccc(C(=O)NC(Cc2ccccc2)C(=O)N2CCN(C(=O)NC(C)C)C(C)C2)cc1. The molecule has 182 valence electrons. The molecule has 1 heterocycles. The van der Waals surface area contributed by atoms with Crippen LogP contribution in [0, 0.1) is 0 Å². The summed E-state index contributed by atoms with van der Waals surface area (Å²) in [5.41, 5.74) is 2.67. The second-order valence-electron chi connectivity index (χ2n) is 9.20. The van der Waals surface area contributed by atoms with Crippen molar-refractivity contribution in [3.8, 4) is 0 Å². The van der Waals surface area contributed by atoms with Crippen molar-refractivity contribution in [2.24, 2.45) is 0 Å². The molecule has 0 spiro atoms. The second-order valence-corrected chi connectivity index (χ2v) is 9.20. The van der Waals surface area contributed by atoms with E-state index in [1.54, 1.807) is 21.9 Å². The molecule has 2 aromatic rings. The van der Waals surface area contributed by atoms with Gasteiger partial charge in [-0.25, -0.2) is 4.79 Å². The Labute approximate surface area is 202 Å². The van der Waals surface area contributed by atoms with Crippen LogP contribution in [0.25, 0.3) is 0 Å². The van der Waals surface area contributed by atoms with E-state index in [-0.39, 0.29) is 29.9 Å². The number of amides is 4. The van der Waals surface area contributed by atoms with Crippen molar-refractivity contribution in [2.45, 2.75) is 58.7 Å². The van der Waals surface area contributed by atoms with Crippen molar-refractivity contribution in [2.75, 3.05) is 19.6 Å². The molecule has 3 rings (SSSR count). The average molecular weight is 465 g/mol. The number of hydrogen-bond donors (Lipinski definition) is 2. The monoisotopic (exact) mass is 464 g/mol. The van der Waals surface area contributed by atoms with Gasteiger partial charge in [-0.2, -0.15) is 0 Å². The van der Waals surface area contributed by atoms with Crippen LogP contribution in [0.4, 0.5) is 4.79 Å². The van der Waals surface area contributed by atoms with E-state index in [4.69, 9.17) is 0 Å². The Morgan fingerprint density at radius 1 is 0.941 bits per heavy atom. The first-order valence-electron chi connectivity index (χ1n) is 12.1. The van der Waals surface area contributed by atoms with E-state index in [2.05, 4.69) is 17.6 Å². The molecule has 0 aromatic heterocycles. The maximum atomic E-state index is 13.6. The van der Waals surface area contributed by atoms with Gasteiger partial charge in [-0.1, -0.05) is 49.4 Å². The van der Waals surface area contributed by atoms with Crippen LogP contribution in [0.1, 0.15) is 49.2 Å². The van der Waals surface area contributed by atoms with Gasteiger partial charge in [0.2, 0.25) is 5.91 Å². The third-order valence-electron chi connectivity index (χ3n) is 6.12. The van der Waals surface area contributed by atoms with Crippen molar-refractivity contribution < 1.29 is 14.4 Å². The summed E-state index contributed by atoms with van der Waals surface area (Å²) in [6.07, 6.45) is 1.30. The lowest BCUT2D eigenvalue weighted by Crippen LogP contribution is -2.61. The van der Waals surface area contributed by atoms with Crippen LogP contribution in [-0.4, -0.2) is 65.4 Å². The fraction of sp³-hybridized carbons (Fsp3) is 0.444. The lowest BCUT2D eigenvalue weighted by atomic mass is 10.0. The van der Waals surface area contributed by atoms with E-state index >= 15 is 0 Å². The molecule has 1 aliphatic rings. The van der Waals surface area contributed by atoms with Crippen LogP contribution in [0.3, 0.4) is 0 Å². The predicted octanol–water partition coefficient (Wildman–Crippen LogP) is 3.24. The molecule has 7 heteroatoms. The number of aryl methyl sites for hydroxylation is 1. The highest BCUT2D eigenvalue weighted by atomic mass is 16.2. The van der Waals surface area contributed by atoms with Crippen molar-refractivity contribution >= 4 is 17.8 Å². The van der Waals surface area contributed by atoms with Gasteiger partial charge in [0.15, 0.2) is 0 Å². The summed E-state index contributed by atoms with van der Waals surface area (Å²) in [4.78, 5) is 42.6. The van der Waals surface area contributed by atoms with E-state index in [1.165, 1.54) is 0 Å². The van der Waals surface area contributed by atoms with Crippen molar-refractivity contribution in [1.82, 2.24) is 20.4 Å². The molecule has 1 fully saturated rings. The number of nitrogens with zero attached hydrogens (tertiary/aromatic N) is 2. The van der Waals surface area contributed by atoms with E-state index in [0.29, 0.717) is 31.6 Å². The highest BCUT2D eigenvalue weighted by Crippen LogP contribution is 2.14. The fourth-order valence-electron chi connectivity index (χ4n) is 4.19. The summed E-state index contributed by atoms with van der Waals surface area (Å²) in [6.45, 7) is 9.17. The fourth-order valence-corrected chi connectivity index (χ4v) is 4.19. The third-order valence-corrected chi connectivity index (χ3v) is 6.12. The topological polar surface area (TPSA) is 81.8 Å². The number of rotatable bonds is 7. The maximum absolute atomic E-state index is 13.6. The normalized spacial score (nSPS) is 16.8. The molecule has 2 aromatic carbocycles. The van der Waals surface area contributed by atoms with Gasteiger partial charge >= 0.3 is 6.03 Å². The predicted molar refractivity (Wildman–Crippen MR) is 134 cm³/mol. The van der Waals surface area contributed by atoms with Crippen LogP contribution >= 0.6 is 0 Å². The van der Waals surface area contributed by atoms with Gasteiger partial charge in [-0.05, 0) is 50.5 Å². The molecule has 1 saturated heterocycles. The highest BCUT2D eigenvalue weighted by molar-refractivity contribution is 5.97. The van der Waals surface area contributed by atoms with Crippen LogP contribution in [0.15, 0.2) is 54.6 Å². The number of hydrogen-bond acceptors (Lipinski definition) is 3. The number of nitrogens with one attached hydrogen (secondary N) is 2. The van der Waals surface area contributed by atoms with Crippen molar-refractivity contribution in [1.29, 1.82) is 0 Å². The molecule has 4 amide bonds. The van der Waals surface area contributed by atoms with E-state index in [1.807, 2.05) is 63.2 Å². The van der Waals surface area contributed by atoms with Gasteiger partial charge in [-0.15, -0.1) is 0 Å². The highest BCUT2D eigenvalue weighted by Gasteiger charge is 2.33. The smallest absolute Gasteiger partial charge is 0.317 e. The summed E-state index contributed by atoms with van der Waals surface area (Å²) >= 11 is 0. The van der Waals surface area contributed by atoms with Gasteiger partial charge < -0.3 is 20.4 Å². The number of carbonyl (C=O) groups is 3. The molecular weight excluding hydrogens is 428 g/mol. The lowest BCUT2D eigenvalue weighted by Gasteiger charge is -2.41. The summed E-state index contributed by atoms with van der Waals surface area (Å²) in [6, 6.07) is 16.3. The van der Waals surface area contributed by atoms with Crippen LogP contribution in [0.2, 0.25) is 0 Å². The molecule has 2 unspecified atom stereocenters. The first-order valence-corrected chi connectivity index (χ1v) is 12.1. The Bertz CT molecular complexity index is 975. The van der Waals surface area contributed by atoms with Gasteiger partial charge in [0.25, 0.3) is 5.91 Å².